The van der Waals surface area contributed by atoms with Crippen LogP contribution in [0, 0.1) is 0 Å². The zero-order valence-corrected chi connectivity index (χ0v) is 10.7. The summed E-state index contributed by atoms with van der Waals surface area (Å²) in [7, 11) is 1.55. The topological polar surface area (TPSA) is 61.5 Å². The minimum absolute atomic E-state index is 0.102. The van der Waals surface area contributed by atoms with E-state index in [1.165, 1.54) is 0 Å². The third-order valence-corrected chi connectivity index (χ3v) is 2.52. The van der Waals surface area contributed by atoms with Crippen molar-refractivity contribution >= 4 is 17.6 Å². The molecule has 5 heteroatoms. The van der Waals surface area contributed by atoms with Gasteiger partial charge in [-0.05, 0) is 25.1 Å². The lowest BCUT2D eigenvalue weighted by atomic mass is 10.0. The molecule has 0 unspecified atom stereocenters. The zero-order valence-electron chi connectivity index (χ0n) is 9.90. The van der Waals surface area contributed by atoms with E-state index in [0.29, 0.717) is 22.9 Å². The first-order chi connectivity index (χ1) is 8.08. The molecule has 0 radical (unpaired) electrons. The molecule has 0 saturated carbocycles. The first-order valence-electron chi connectivity index (χ1n) is 5.33. The van der Waals surface area contributed by atoms with E-state index in [1.54, 1.807) is 32.2 Å². The van der Waals surface area contributed by atoms with Crippen LogP contribution in [0.15, 0.2) is 18.2 Å². The maximum Gasteiger partial charge on any atom is 0.307 e. The predicted molar refractivity (Wildman–Crippen MR) is 66.2 cm³/mol. The number of halogens is 1. The van der Waals surface area contributed by atoms with Gasteiger partial charge in [-0.15, -0.1) is 0 Å². The van der Waals surface area contributed by atoms with Gasteiger partial charge in [0.05, 0.1) is 20.1 Å². The number of nitrogens with two attached hydrogens (primary N) is 1. The van der Waals surface area contributed by atoms with E-state index in [0.717, 1.165) is 0 Å². The van der Waals surface area contributed by atoms with E-state index in [4.69, 9.17) is 26.8 Å². The van der Waals surface area contributed by atoms with Gasteiger partial charge in [-0.25, -0.2) is 0 Å². The number of rotatable bonds is 5. The summed E-state index contributed by atoms with van der Waals surface area (Å²) < 4.78 is 10.0. The normalized spacial score (nSPS) is 12.0. The van der Waals surface area contributed by atoms with Gasteiger partial charge in [-0.2, -0.15) is 0 Å². The van der Waals surface area contributed by atoms with Crippen molar-refractivity contribution in [2.75, 3.05) is 13.7 Å². The van der Waals surface area contributed by atoms with Crippen LogP contribution in [0.1, 0.15) is 24.9 Å². The van der Waals surface area contributed by atoms with Crippen molar-refractivity contribution in [2.45, 2.75) is 19.4 Å². The molecule has 0 aliphatic carbocycles. The molecule has 0 bridgehead atoms. The summed E-state index contributed by atoms with van der Waals surface area (Å²) in [6.07, 6.45) is 0.102. The van der Waals surface area contributed by atoms with E-state index in [9.17, 15) is 4.79 Å². The van der Waals surface area contributed by atoms with Gasteiger partial charge >= 0.3 is 5.97 Å². The Morgan fingerprint density at radius 2 is 2.24 bits per heavy atom. The van der Waals surface area contributed by atoms with E-state index < -0.39 is 6.04 Å². The number of hydrogen-bond acceptors (Lipinski definition) is 4. The minimum Gasteiger partial charge on any atom is -0.496 e. The molecule has 0 amide bonds. The van der Waals surface area contributed by atoms with Crippen LogP contribution in [0.4, 0.5) is 0 Å². The first-order valence-corrected chi connectivity index (χ1v) is 5.71. The lowest BCUT2D eigenvalue weighted by molar-refractivity contribution is -0.143. The molecule has 0 spiro atoms. The molecule has 0 aromatic heterocycles. The molecule has 1 atom stereocenters. The van der Waals surface area contributed by atoms with Crippen LogP contribution >= 0.6 is 11.6 Å². The second kappa shape index (κ2) is 6.47. The van der Waals surface area contributed by atoms with Crippen LogP contribution in [0.5, 0.6) is 5.75 Å². The monoisotopic (exact) mass is 257 g/mol. The van der Waals surface area contributed by atoms with Gasteiger partial charge < -0.3 is 15.2 Å². The zero-order chi connectivity index (χ0) is 12.8. The second-order valence-corrected chi connectivity index (χ2v) is 3.94. The van der Waals surface area contributed by atoms with Crippen molar-refractivity contribution in [2.24, 2.45) is 5.73 Å². The summed E-state index contributed by atoms with van der Waals surface area (Å²) in [5.74, 6) is 0.285. The molecule has 1 aromatic carbocycles. The number of benzene rings is 1. The van der Waals surface area contributed by atoms with Gasteiger partial charge in [0.1, 0.15) is 5.75 Å². The number of esters is 1. The molecule has 0 aliphatic rings. The van der Waals surface area contributed by atoms with Crippen LogP contribution in [-0.4, -0.2) is 19.7 Å². The Kier molecular flexibility index (Phi) is 5.25. The summed E-state index contributed by atoms with van der Waals surface area (Å²) in [5.41, 5.74) is 6.63. The predicted octanol–water partition coefficient (Wildman–Crippen LogP) is 2.30. The Balaban J connectivity index is 2.83. The summed E-state index contributed by atoms with van der Waals surface area (Å²) in [6, 6.07) is 4.65. The largest absolute Gasteiger partial charge is 0.496 e. The minimum atomic E-state index is -0.484. The average Bonchev–Trinajstić information content (AvgIpc) is 2.29. The number of ether oxygens (including phenoxy) is 2. The van der Waals surface area contributed by atoms with Crippen LogP contribution < -0.4 is 10.5 Å². The number of carbonyl (C=O) groups is 1. The molecule has 0 aliphatic heterocycles. The van der Waals surface area contributed by atoms with Crippen molar-refractivity contribution in [3.8, 4) is 5.75 Å². The van der Waals surface area contributed by atoms with Crippen molar-refractivity contribution in [1.82, 2.24) is 0 Å². The smallest absolute Gasteiger partial charge is 0.307 e. The molecule has 1 rings (SSSR count). The highest BCUT2D eigenvalue weighted by Crippen LogP contribution is 2.28. The molecule has 1 aromatic rings. The molecule has 2 N–H and O–H groups in total. The third-order valence-electron chi connectivity index (χ3n) is 2.28. The maximum absolute atomic E-state index is 11.3. The van der Waals surface area contributed by atoms with E-state index in [1.807, 2.05) is 0 Å². The Hall–Kier alpha value is -1.26. The molecular weight excluding hydrogens is 242 g/mol. The Bertz CT molecular complexity index is 395. The molecular formula is C12H16ClNO3. The van der Waals surface area contributed by atoms with E-state index in [-0.39, 0.29) is 12.4 Å². The number of carbonyl (C=O) groups excluding carboxylic acids is 1. The van der Waals surface area contributed by atoms with E-state index >= 15 is 0 Å². The van der Waals surface area contributed by atoms with Gasteiger partial charge in [0.15, 0.2) is 0 Å². The molecule has 4 nitrogen and oxygen atoms in total. The molecule has 0 heterocycles. The van der Waals surface area contributed by atoms with Crippen LogP contribution in [0.2, 0.25) is 5.02 Å². The van der Waals surface area contributed by atoms with Crippen LogP contribution in [-0.2, 0) is 9.53 Å². The van der Waals surface area contributed by atoms with Crippen molar-refractivity contribution in [3.63, 3.8) is 0 Å². The fourth-order valence-corrected chi connectivity index (χ4v) is 1.68. The SMILES string of the molecule is CCOC(=O)C[C@@H](N)c1cc(Cl)ccc1OC. The maximum atomic E-state index is 11.3. The van der Waals surface area contributed by atoms with E-state index in [2.05, 4.69) is 0 Å². The third kappa shape index (κ3) is 3.91. The summed E-state index contributed by atoms with van der Waals surface area (Å²) in [5, 5.41) is 0.556. The Morgan fingerprint density at radius 3 is 2.82 bits per heavy atom. The summed E-state index contributed by atoms with van der Waals surface area (Å²) >= 11 is 5.89. The first kappa shape index (κ1) is 13.8. The molecule has 94 valence electrons. The van der Waals surface area contributed by atoms with Crippen molar-refractivity contribution in [1.29, 1.82) is 0 Å². The average molecular weight is 258 g/mol. The summed E-state index contributed by atoms with van der Waals surface area (Å²) in [4.78, 5) is 11.3. The summed E-state index contributed by atoms with van der Waals surface area (Å²) in [6.45, 7) is 2.10. The van der Waals surface area contributed by atoms with Crippen molar-refractivity contribution in [3.05, 3.63) is 28.8 Å². The van der Waals surface area contributed by atoms with Gasteiger partial charge in [-0.1, -0.05) is 11.6 Å². The molecule has 0 saturated heterocycles. The van der Waals surface area contributed by atoms with Gasteiger partial charge in [0, 0.05) is 16.6 Å². The van der Waals surface area contributed by atoms with Crippen molar-refractivity contribution < 1.29 is 14.3 Å². The molecule has 17 heavy (non-hydrogen) atoms. The fraction of sp³-hybridized carbons (Fsp3) is 0.417. The highest BCUT2D eigenvalue weighted by Gasteiger charge is 2.16. The van der Waals surface area contributed by atoms with Gasteiger partial charge in [-0.3, -0.25) is 4.79 Å². The van der Waals surface area contributed by atoms with Gasteiger partial charge in [0.25, 0.3) is 0 Å². The Morgan fingerprint density at radius 1 is 1.53 bits per heavy atom. The second-order valence-electron chi connectivity index (χ2n) is 3.50. The molecule has 0 fully saturated rings. The highest BCUT2D eigenvalue weighted by atomic mass is 35.5. The Labute approximate surface area is 106 Å². The lowest BCUT2D eigenvalue weighted by Crippen LogP contribution is -2.18. The lowest BCUT2D eigenvalue weighted by Gasteiger charge is -2.15. The highest BCUT2D eigenvalue weighted by molar-refractivity contribution is 6.30. The quantitative estimate of drug-likeness (QED) is 0.823. The van der Waals surface area contributed by atoms with Crippen LogP contribution in [0.3, 0.4) is 0 Å². The van der Waals surface area contributed by atoms with Gasteiger partial charge in [0.2, 0.25) is 0 Å². The number of methoxy groups -OCH3 is 1. The van der Waals surface area contributed by atoms with Crippen LogP contribution in [0.25, 0.3) is 0 Å². The number of hydrogen-bond donors (Lipinski definition) is 1. The standard InChI is InChI=1S/C12H16ClNO3/c1-3-17-12(15)7-10(14)9-6-8(13)4-5-11(9)16-2/h4-6,10H,3,7,14H2,1-2H3/t10-/m1/s1. The fourth-order valence-electron chi connectivity index (χ4n) is 1.50.